The number of carbonyl (C=O) groups is 1. The van der Waals surface area contributed by atoms with Gasteiger partial charge >= 0.3 is 0 Å². The summed E-state index contributed by atoms with van der Waals surface area (Å²) in [6, 6.07) is 4.46. The van der Waals surface area contributed by atoms with Gasteiger partial charge in [-0.15, -0.1) is 0 Å². The van der Waals surface area contributed by atoms with Crippen LogP contribution in [0.5, 0.6) is 0 Å². The summed E-state index contributed by atoms with van der Waals surface area (Å²) in [5, 5.41) is 2.88. The molecule has 1 amide bonds. The highest BCUT2D eigenvalue weighted by molar-refractivity contribution is 6.30. The Morgan fingerprint density at radius 1 is 1.53 bits per heavy atom. The average molecular weight is 228 g/mol. The molecule has 1 saturated carbocycles. The average Bonchev–Trinajstić information content (AvgIpc) is 3.03. The maximum absolute atomic E-state index is 12.8. The number of amides is 1. The maximum Gasteiger partial charge on any atom is 0.223 e. The van der Waals surface area contributed by atoms with Crippen LogP contribution in [-0.2, 0) is 11.3 Å². The molecule has 0 bridgehead atoms. The van der Waals surface area contributed by atoms with Crippen molar-refractivity contribution in [1.82, 2.24) is 5.32 Å². The number of benzene rings is 1. The predicted molar refractivity (Wildman–Crippen MR) is 56.0 cm³/mol. The molecule has 1 fully saturated rings. The Labute approximate surface area is 92.4 Å². The molecule has 1 aromatic carbocycles. The Kier molecular flexibility index (Phi) is 2.91. The van der Waals surface area contributed by atoms with E-state index < -0.39 is 5.82 Å². The minimum Gasteiger partial charge on any atom is -0.352 e. The lowest BCUT2D eigenvalue weighted by Gasteiger charge is -2.04. The molecule has 4 heteroatoms. The molecule has 2 rings (SSSR count). The number of nitrogens with one attached hydrogen (secondary N) is 1. The molecule has 80 valence electrons. The fourth-order valence-electron chi connectivity index (χ4n) is 1.33. The SMILES string of the molecule is O=C(NCc1ccc(F)c(Cl)c1)C1CC1. The molecule has 0 aliphatic heterocycles. The van der Waals surface area contributed by atoms with E-state index in [1.54, 1.807) is 6.07 Å². The van der Waals surface area contributed by atoms with Gasteiger partial charge in [-0.3, -0.25) is 4.79 Å². The van der Waals surface area contributed by atoms with Gasteiger partial charge in [0, 0.05) is 12.5 Å². The van der Waals surface area contributed by atoms with Crippen molar-refractivity contribution in [3.05, 3.63) is 34.6 Å². The van der Waals surface area contributed by atoms with E-state index >= 15 is 0 Å². The molecule has 0 heterocycles. The van der Waals surface area contributed by atoms with E-state index in [2.05, 4.69) is 5.32 Å². The van der Waals surface area contributed by atoms with E-state index in [4.69, 9.17) is 11.6 Å². The number of hydrogen-bond acceptors (Lipinski definition) is 1. The van der Waals surface area contributed by atoms with Crippen molar-refractivity contribution in [2.75, 3.05) is 0 Å². The van der Waals surface area contributed by atoms with Crippen molar-refractivity contribution in [2.45, 2.75) is 19.4 Å². The zero-order valence-electron chi connectivity index (χ0n) is 8.09. The molecule has 1 aromatic rings. The minimum absolute atomic E-state index is 0.0791. The fourth-order valence-corrected chi connectivity index (χ4v) is 1.53. The second-order valence-electron chi connectivity index (χ2n) is 3.74. The molecule has 1 aliphatic carbocycles. The van der Waals surface area contributed by atoms with Gasteiger partial charge in [0.2, 0.25) is 5.91 Å². The smallest absolute Gasteiger partial charge is 0.223 e. The molecule has 0 atom stereocenters. The van der Waals surface area contributed by atoms with Crippen LogP contribution < -0.4 is 5.32 Å². The number of rotatable bonds is 3. The van der Waals surface area contributed by atoms with Gasteiger partial charge in [-0.1, -0.05) is 17.7 Å². The summed E-state index contributed by atoms with van der Waals surface area (Å²) in [4.78, 5) is 11.3. The van der Waals surface area contributed by atoms with Crippen LogP contribution in [0.2, 0.25) is 5.02 Å². The first kappa shape index (κ1) is 10.4. The van der Waals surface area contributed by atoms with Crippen molar-refractivity contribution in [3.8, 4) is 0 Å². The van der Waals surface area contributed by atoms with Gasteiger partial charge in [0.15, 0.2) is 0 Å². The Bertz CT molecular complexity index is 390. The monoisotopic (exact) mass is 227 g/mol. The predicted octanol–water partition coefficient (Wildman–Crippen LogP) is 2.51. The number of carbonyl (C=O) groups excluding carboxylic acids is 1. The van der Waals surface area contributed by atoms with Crippen LogP contribution in [0.25, 0.3) is 0 Å². The number of halogens is 2. The van der Waals surface area contributed by atoms with Gasteiger partial charge in [-0.05, 0) is 30.5 Å². The first-order chi connectivity index (χ1) is 7.16. The van der Waals surface area contributed by atoms with E-state index in [1.807, 2.05) is 0 Å². The summed E-state index contributed by atoms with van der Waals surface area (Å²) in [5.41, 5.74) is 0.815. The lowest BCUT2D eigenvalue weighted by molar-refractivity contribution is -0.122. The van der Waals surface area contributed by atoms with Crippen LogP contribution in [-0.4, -0.2) is 5.91 Å². The van der Waals surface area contributed by atoms with Gasteiger partial charge < -0.3 is 5.32 Å². The first-order valence-electron chi connectivity index (χ1n) is 4.88. The van der Waals surface area contributed by atoms with E-state index in [9.17, 15) is 9.18 Å². The molecular weight excluding hydrogens is 217 g/mol. The van der Waals surface area contributed by atoms with E-state index in [1.165, 1.54) is 12.1 Å². The molecule has 1 N–H and O–H groups in total. The molecular formula is C11H11ClFNO. The Morgan fingerprint density at radius 2 is 2.27 bits per heavy atom. The Hall–Kier alpha value is -1.09. The van der Waals surface area contributed by atoms with Gasteiger partial charge in [0.25, 0.3) is 0 Å². The third-order valence-corrected chi connectivity index (χ3v) is 2.69. The summed E-state index contributed by atoms with van der Waals surface area (Å²) < 4.78 is 12.8. The summed E-state index contributed by atoms with van der Waals surface area (Å²) >= 11 is 5.62. The van der Waals surface area contributed by atoms with Crippen LogP contribution in [0.1, 0.15) is 18.4 Å². The highest BCUT2D eigenvalue weighted by Crippen LogP contribution is 2.28. The summed E-state index contributed by atoms with van der Waals surface area (Å²) in [7, 11) is 0. The Balaban J connectivity index is 1.92. The summed E-state index contributed by atoms with van der Waals surface area (Å²) in [6.07, 6.45) is 1.96. The van der Waals surface area contributed by atoms with E-state index in [0.717, 1.165) is 18.4 Å². The first-order valence-corrected chi connectivity index (χ1v) is 5.26. The highest BCUT2D eigenvalue weighted by Gasteiger charge is 2.29. The standard InChI is InChI=1S/C11H11ClFNO/c12-9-5-7(1-4-10(9)13)6-14-11(15)8-2-3-8/h1,4-5,8H,2-3,6H2,(H,14,15). The molecule has 0 spiro atoms. The topological polar surface area (TPSA) is 29.1 Å². The molecule has 0 aromatic heterocycles. The summed E-state index contributed by atoms with van der Waals surface area (Å²) in [6.45, 7) is 0.412. The van der Waals surface area contributed by atoms with Crippen molar-refractivity contribution in [2.24, 2.45) is 5.92 Å². The minimum atomic E-state index is -0.436. The third kappa shape index (κ3) is 2.69. The molecule has 0 saturated heterocycles. The quantitative estimate of drug-likeness (QED) is 0.845. The van der Waals surface area contributed by atoms with Crippen LogP contribution in [0.3, 0.4) is 0 Å². The number of hydrogen-bond donors (Lipinski definition) is 1. The van der Waals surface area contributed by atoms with E-state index in [0.29, 0.717) is 6.54 Å². The molecule has 0 unspecified atom stereocenters. The van der Waals surface area contributed by atoms with E-state index in [-0.39, 0.29) is 16.8 Å². The van der Waals surface area contributed by atoms with Crippen molar-refractivity contribution < 1.29 is 9.18 Å². The zero-order chi connectivity index (χ0) is 10.8. The normalized spacial score (nSPS) is 15.1. The van der Waals surface area contributed by atoms with Crippen LogP contribution in [0.15, 0.2) is 18.2 Å². The zero-order valence-corrected chi connectivity index (χ0v) is 8.85. The summed E-state index contributed by atoms with van der Waals surface area (Å²) in [5.74, 6) is -0.162. The van der Waals surface area contributed by atoms with Gasteiger partial charge in [-0.25, -0.2) is 4.39 Å². The van der Waals surface area contributed by atoms with Crippen molar-refractivity contribution in [1.29, 1.82) is 0 Å². The van der Waals surface area contributed by atoms with Crippen LogP contribution in [0.4, 0.5) is 4.39 Å². The van der Waals surface area contributed by atoms with Gasteiger partial charge in [0.1, 0.15) is 5.82 Å². The molecule has 1 aliphatic rings. The Morgan fingerprint density at radius 3 is 2.87 bits per heavy atom. The fraction of sp³-hybridized carbons (Fsp3) is 0.364. The van der Waals surface area contributed by atoms with Crippen molar-refractivity contribution >= 4 is 17.5 Å². The maximum atomic E-state index is 12.8. The third-order valence-electron chi connectivity index (χ3n) is 2.40. The molecule has 15 heavy (non-hydrogen) atoms. The van der Waals surface area contributed by atoms with Crippen LogP contribution in [0, 0.1) is 11.7 Å². The largest absolute Gasteiger partial charge is 0.352 e. The second-order valence-corrected chi connectivity index (χ2v) is 4.15. The second kappa shape index (κ2) is 4.19. The van der Waals surface area contributed by atoms with Crippen molar-refractivity contribution in [3.63, 3.8) is 0 Å². The van der Waals surface area contributed by atoms with Gasteiger partial charge in [-0.2, -0.15) is 0 Å². The lowest BCUT2D eigenvalue weighted by Crippen LogP contribution is -2.24. The van der Waals surface area contributed by atoms with Gasteiger partial charge in [0.05, 0.1) is 5.02 Å². The highest BCUT2D eigenvalue weighted by atomic mass is 35.5. The van der Waals surface area contributed by atoms with Crippen LogP contribution >= 0.6 is 11.6 Å². The molecule has 2 nitrogen and oxygen atoms in total. The lowest BCUT2D eigenvalue weighted by atomic mass is 10.2. The molecule has 0 radical (unpaired) electrons.